The zero-order valence-corrected chi connectivity index (χ0v) is 19.6. The summed E-state index contributed by atoms with van der Waals surface area (Å²) in [7, 11) is 0. The van der Waals surface area contributed by atoms with Crippen LogP contribution in [0.2, 0.25) is 10.0 Å². The quantitative estimate of drug-likeness (QED) is 0.569. The van der Waals surface area contributed by atoms with Crippen molar-refractivity contribution < 1.29 is 9.59 Å². The number of carbonyl (C=O) groups is 2. The van der Waals surface area contributed by atoms with E-state index in [1.165, 1.54) is 4.90 Å². The van der Waals surface area contributed by atoms with Gasteiger partial charge in [0, 0.05) is 27.0 Å². The number of urea groups is 1. The molecule has 2 heterocycles. The number of imide groups is 1. The second kappa shape index (κ2) is 8.50. The molecule has 1 unspecified atom stereocenters. The number of benzene rings is 2. The molecule has 4 rings (SSSR count). The number of nitrogens with zero attached hydrogens (tertiary/aromatic N) is 2. The third-order valence-corrected chi connectivity index (χ3v) is 6.80. The fourth-order valence-corrected chi connectivity index (χ4v) is 5.21. The van der Waals surface area contributed by atoms with E-state index in [4.69, 9.17) is 23.2 Å². The van der Waals surface area contributed by atoms with Crippen molar-refractivity contribution in [3.63, 3.8) is 0 Å². The summed E-state index contributed by atoms with van der Waals surface area (Å²) in [6.07, 6.45) is 2.04. The first kappa shape index (κ1) is 21.6. The first-order valence-electron chi connectivity index (χ1n) is 9.89. The molecule has 30 heavy (non-hydrogen) atoms. The molecule has 0 radical (unpaired) electrons. The van der Waals surface area contributed by atoms with E-state index < -0.39 is 5.54 Å². The van der Waals surface area contributed by atoms with Gasteiger partial charge in [0.2, 0.25) is 0 Å². The van der Waals surface area contributed by atoms with E-state index in [-0.39, 0.29) is 18.0 Å². The number of amides is 3. The van der Waals surface area contributed by atoms with Crippen LogP contribution in [0.4, 0.5) is 10.5 Å². The highest BCUT2D eigenvalue weighted by Gasteiger charge is 2.56. The number of piperidine rings is 1. The Morgan fingerprint density at radius 3 is 2.27 bits per heavy atom. The zero-order chi connectivity index (χ0) is 21.5. The van der Waals surface area contributed by atoms with Crippen LogP contribution in [0.15, 0.2) is 46.9 Å². The largest absolute Gasteiger partial charge is 0.332 e. The number of hydrogen-bond donors (Lipinski definition) is 1. The maximum absolute atomic E-state index is 13.7. The Morgan fingerprint density at radius 1 is 1.07 bits per heavy atom. The van der Waals surface area contributed by atoms with Crippen LogP contribution in [0.5, 0.6) is 0 Å². The van der Waals surface area contributed by atoms with Crippen LogP contribution in [0, 0.1) is 0 Å². The number of carbonyl (C=O) groups excluding carboxylic acids is 2. The summed E-state index contributed by atoms with van der Waals surface area (Å²) in [4.78, 5) is 30.4. The Kier molecular flexibility index (Phi) is 6.13. The van der Waals surface area contributed by atoms with Crippen LogP contribution >= 0.6 is 39.1 Å². The first-order chi connectivity index (χ1) is 14.3. The van der Waals surface area contributed by atoms with Gasteiger partial charge in [0.25, 0.3) is 5.91 Å². The Labute approximate surface area is 194 Å². The molecule has 1 atom stereocenters. The van der Waals surface area contributed by atoms with Gasteiger partial charge in [-0.3, -0.25) is 4.79 Å². The predicted octanol–water partition coefficient (Wildman–Crippen LogP) is 5.28. The van der Waals surface area contributed by atoms with Crippen molar-refractivity contribution in [2.45, 2.75) is 37.8 Å². The van der Waals surface area contributed by atoms with Crippen molar-refractivity contribution in [2.24, 2.45) is 0 Å². The van der Waals surface area contributed by atoms with Crippen molar-refractivity contribution in [1.29, 1.82) is 0 Å². The second-order valence-corrected chi connectivity index (χ2v) is 9.77. The van der Waals surface area contributed by atoms with Gasteiger partial charge < -0.3 is 10.2 Å². The Balaban J connectivity index is 1.77. The molecule has 2 saturated heterocycles. The van der Waals surface area contributed by atoms with E-state index in [0.717, 1.165) is 36.0 Å². The van der Waals surface area contributed by atoms with Gasteiger partial charge in [-0.2, -0.15) is 0 Å². The summed E-state index contributed by atoms with van der Waals surface area (Å²) in [5.41, 5.74) is 0.398. The summed E-state index contributed by atoms with van der Waals surface area (Å²) >= 11 is 15.8. The monoisotopic (exact) mass is 509 g/mol. The SMILES string of the molecule is CC1(Cc2ccc(Br)cc2)C(=O)N(c2cc(Cl)cc(Cl)c2)C(=O)N1C1CCNCC1. The second-order valence-electron chi connectivity index (χ2n) is 7.98. The van der Waals surface area contributed by atoms with Gasteiger partial charge in [0.05, 0.1) is 5.69 Å². The molecular formula is C22H22BrCl2N3O2. The molecule has 2 aromatic carbocycles. The Bertz CT molecular complexity index is 959. The molecule has 2 aliphatic heterocycles. The maximum atomic E-state index is 13.7. The van der Waals surface area contributed by atoms with Gasteiger partial charge in [-0.1, -0.05) is 51.3 Å². The molecule has 158 valence electrons. The number of rotatable bonds is 4. The molecule has 5 nitrogen and oxygen atoms in total. The lowest BCUT2D eigenvalue weighted by atomic mass is 9.88. The van der Waals surface area contributed by atoms with E-state index in [1.54, 1.807) is 23.1 Å². The normalized spacial score (nSPS) is 22.8. The van der Waals surface area contributed by atoms with Crippen molar-refractivity contribution >= 4 is 56.8 Å². The van der Waals surface area contributed by atoms with E-state index in [1.807, 2.05) is 31.2 Å². The number of nitrogens with one attached hydrogen (secondary N) is 1. The van der Waals surface area contributed by atoms with Gasteiger partial charge in [-0.25, -0.2) is 9.69 Å². The summed E-state index contributed by atoms with van der Waals surface area (Å²) in [6, 6.07) is 12.3. The third kappa shape index (κ3) is 3.98. The third-order valence-electron chi connectivity index (χ3n) is 5.83. The minimum atomic E-state index is -0.998. The average molecular weight is 511 g/mol. The molecule has 8 heteroatoms. The smallest absolute Gasteiger partial charge is 0.317 e. The Morgan fingerprint density at radius 2 is 1.67 bits per heavy atom. The minimum Gasteiger partial charge on any atom is -0.317 e. The van der Waals surface area contributed by atoms with Crippen LogP contribution in [-0.2, 0) is 11.2 Å². The molecule has 0 aliphatic carbocycles. The number of hydrogen-bond acceptors (Lipinski definition) is 3. The van der Waals surface area contributed by atoms with Gasteiger partial charge in [0.1, 0.15) is 5.54 Å². The molecule has 2 aromatic rings. The first-order valence-corrected chi connectivity index (χ1v) is 11.4. The molecule has 1 N–H and O–H groups in total. The van der Waals surface area contributed by atoms with Crippen LogP contribution in [-0.4, -0.2) is 41.5 Å². The van der Waals surface area contributed by atoms with Crippen LogP contribution in [0.1, 0.15) is 25.3 Å². The summed E-state index contributed by atoms with van der Waals surface area (Å²) in [5, 5.41) is 4.09. The number of anilines is 1. The molecule has 0 saturated carbocycles. The van der Waals surface area contributed by atoms with Gasteiger partial charge in [-0.05, 0) is 68.8 Å². The van der Waals surface area contributed by atoms with E-state index in [2.05, 4.69) is 21.2 Å². The standard InChI is InChI=1S/C22H22BrCl2N3O2/c1-22(13-14-2-4-15(23)5-3-14)20(29)27(19-11-16(24)10-17(25)12-19)21(30)28(22)18-6-8-26-9-7-18/h2-5,10-12,18,26H,6-9,13H2,1H3. The maximum Gasteiger partial charge on any atom is 0.332 e. The highest BCUT2D eigenvalue weighted by atomic mass is 79.9. The lowest BCUT2D eigenvalue weighted by Gasteiger charge is -2.40. The van der Waals surface area contributed by atoms with Crippen LogP contribution in [0.25, 0.3) is 0 Å². The summed E-state index contributed by atoms with van der Waals surface area (Å²) in [6.45, 7) is 3.50. The van der Waals surface area contributed by atoms with E-state index >= 15 is 0 Å². The predicted molar refractivity (Wildman–Crippen MR) is 123 cm³/mol. The Hall–Kier alpha value is -1.60. The van der Waals surface area contributed by atoms with Crippen molar-refractivity contribution in [3.05, 3.63) is 62.5 Å². The summed E-state index contributed by atoms with van der Waals surface area (Å²) < 4.78 is 0.968. The number of halogens is 3. The van der Waals surface area contributed by atoms with Gasteiger partial charge in [0.15, 0.2) is 0 Å². The average Bonchev–Trinajstić information content (AvgIpc) is 2.89. The van der Waals surface area contributed by atoms with Crippen molar-refractivity contribution in [2.75, 3.05) is 18.0 Å². The highest BCUT2D eigenvalue weighted by Crippen LogP contribution is 2.39. The highest BCUT2D eigenvalue weighted by molar-refractivity contribution is 9.10. The molecule has 0 spiro atoms. The van der Waals surface area contributed by atoms with Crippen molar-refractivity contribution in [3.8, 4) is 0 Å². The summed E-state index contributed by atoms with van der Waals surface area (Å²) in [5.74, 6) is -0.257. The fraction of sp³-hybridized carbons (Fsp3) is 0.364. The molecule has 0 bridgehead atoms. The van der Waals surface area contributed by atoms with Gasteiger partial charge in [-0.15, -0.1) is 0 Å². The fourth-order valence-electron chi connectivity index (χ4n) is 4.43. The molecule has 2 aliphatic rings. The molecular weight excluding hydrogens is 489 g/mol. The van der Waals surface area contributed by atoms with Crippen molar-refractivity contribution in [1.82, 2.24) is 10.2 Å². The van der Waals surface area contributed by atoms with Crippen LogP contribution in [0.3, 0.4) is 0 Å². The lowest BCUT2D eigenvalue weighted by Crippen LogP contribution is -2.55. The topological polar surface area (TPSA) is 52.7 Å². The molecule has 3 amide bonds. The molecule has 2 fully saturated rings. The molecule has 0 aromatic heterocycles. The van der Waals surface area contributed by atoms with Crippen LogP contribution < -0.4 is 10.2 Å². The minimum absolute atomic E-state index is 0.0113. The van der Waals surface area contributed by atoms with E-state index in [0.29, 0.717) is 22.2 Å². The van der Waals surface area contributed by atoms with E-state index in [9.17, 15) is 9.59 Å². The lowest BCUT2D eigenvalue weighted by molar-refractivity contribution is -0.125. The van der Waals surface area contributed by atoms with Gasteiger partial charge >= 0.3 is 6.03 Å². The zero-order valence-electron chi connectivity index (χ0n) is 16.5.